The van der Waals surface area contributed by atoms with E-state index in [0.29, 0.717) is 11.6 Å². The van der Waals surface area contributed by atoms with Crippen molar-refractivity contribution in [3.63, 3.8) is 0 Å². The molecule has 4 aromatic rings. The maximum Gasteiger partial charge on any atom is 0.270 e. The molecule has 0 radical (unpaired) electrons. The maximum atomic E-state index is 13.1. The van der Waals surface area contributed by atoms with E-state index >= 15 is 0 Å². The monoisotopic (exact) mass is 399 g/mol. The molecule has 6 nitrogen and oxygen atoms in total. The molecular formula is C24H25N5O. The van der Waals surface area contributed by atoms with Gasteiger partial charge in [-0.05, 0) is 66.3 Å². The fourth-order valence-electron chi connectivity index (χ4n) is 4.41. The minimum Gasteiger partial charge on any atom is -0.348 e. The number of aromatic nitrogens is 4. The highest BCUT2D eigenvalue weighted by atomic mass is 16.2. The number of nitrogens with zero attached hydrogens (tertiary/aromatic N) is 4. The van der Waals surface area contributed by atoms with Crippen LogP contribution in [0.2, 0.25) is 0 Å². The third kappa shape index (κ3) is 3.38. The molecule has 2 unspecified atom stereocenters. The van der Waals surface area contributed by atoms with E-state index in [1.54, 1.807) is 29.3 Å². The Hall–Kier alpha value is -3.41. The fourth-order valence-corrected chi connectivity index (χ4v) is 4.41. The summed E-state index contributed by atoms with van der Waals surface area (Å²) in [5.74, 6) is 1.29. The summed E-state index contributed by atoms with van der Waals surface area (Å²) in [7, 11) is 0. The molecule has 30 heavy (non-hydrogen) atoms. The van der Waals surface area contributed by atoms with Gasteiger partial charge in [0.1, 0.15) is 11.5 Å². The standard InChI is InChI=1S/C24H25N5O/c1-17-4-2-3-5-21(17)27-24(30)22-12-15-26-29(22)23-9-8-20-7-6-19(16-28(20)23)18-10-13-25-14-11-18/h6-17,21H,2-5H2,1H3,(H,27,30). The van der Waals surface area contributed by atoms with Crippen LogP contribution >= 0.6 is 0 Å². The Kier molecular flexibility index (Phi) is 4.83. The average Bonchev–Trinajstić information content (AvgIpc) is 3.42. The van der Waals surface area contributed by atoms with Gasteiger partial charge < -0.3 is 9.72 Å². The third-order valence-corrected chi connectivity index (χ3v) is 6.16. The maximum absolute atomic E-state index is 13.1. The Morgan fingerprint density at radius 3 is 2.60 bits per heavy atom. The van der Waals surface area contributed by atoms with Crippen LogP contribution in [0, 0.1) is 5.92 Å². The van der Waals surface area contributed by atoms with Crippen molar-refractivity contribution in [3.8, 4) is 16.9 Å². The van der Waals surface area contributed by atoms with Gasteiger partial charge >= 0.3 is 0 Å². The number of fused-ring (bicyclic) bond motifs is 1. The van der Waals surface area contributed by atoms with Crippen LogP contribution < -0.4 is 5.32 Å². The lowest BCUT2D eigenvalue weighted by Gasteiger charge is -2.29. The van der Waals surface area contributed by atoms with Crippen LogP contribution in [0.5, 0.6) is 0 Å². The number of amides is 1. The van der Waals surface area contributed by atoms with Gasteiger partial charge in [-0.1, -0.05) is 25.8 Å². The highest BCUT2D eigenvalue weighted by molar-refractivity contribution is 5.93. The number of rotatable bonds is 4. The molecule has 0 aliphatic heterocycles. The molecule has 4 heterocycles. The summed E-state index contributed by atoms with van der Waals surface area (Å²) in [6.07, 6.45) is 12.0. The number of hydrogen-bond donors (Lipinski definition) is 1. The second-order valence-corrected chi connectivity index (χ2v) is 8.11. The molecule has 1 aliphatic rings. The van der Waals surface area contributed by atoms with E-state index in [1.165, 1.54) is 19.3 Å². The van der Waals surface area contributed by atoms with Gasteiger partial charge in [-0.15, -0.1) is 0 Å². The normalized spacial score (nSPS) is 19.1. The summed E-state index contributed by atoms with van der Waals surface area (Å²) >= 11 is 0. The van der Waals surface area contributed by atoms with Crippen molar-refractivity contribution < 1.29 is 4.79 Å². The van der Waals surface area contributed by atoms with E-state index in [4.69, 9.17) is 0 Å². The Labute approximate surface area is 175 Å². The molecule has 4 aromatic heterocycles. The van der Waals surface area contributed by atoms with Crippen LogP contribution in [0.15, 0.2) is 67.3 Å². The number of nitrogens with one attached hydrogen (secondary N) is 1. The molecule has 0 aromatic carbocycles. The highest BCUT2D eigenvalue weighted by Crippen LogP contribution is 2.25. The van der Waals surface area contributed by atoms with Gasteiger partial charge in [0.25, 0.3) is 5.91 Å². The van der Waals surface area contributed by atoms with Gasteiger partial charge in [0.2, 0.25) is 0 Å². The molecule has 2 atom stereocenters. The molecule has 0 saturated heterocycles. The summed E-state index contributed by atoms with van der Waals surface area (Å²) in [6, 6.07) is 14.2. The summed E-state index contributed by atoms with van der Waals surface area (Å²) in [6.45, 7) is 2.22. The SMILES string of the molecule is CC1CCCCC1NC(=O)c1ccnn1-c1ccc2ccc(-c3ccncc3)cn12. The largest absolute Gasteiger partial charge is 0.348 e. The predicted molar refractivity (Wildman–Crippen MR) is 117 cm³/mol. The van der Waals surface area contributed by atoms with Crippen molar-refractivity contribution in [2.45, 2.75) is 38.6 Å². The quantitative estimate of drug-likeness (QED) is 0.550. The number of carbonyl (C=O) groups excluding carboxylic acids is 1. The van der Waals surface area contributed by atoms with Crippen LogP contribution in [0.1, 0.15) is 43.1 Å². The summed E-state index contributed by atoms with van der Waals surface area (Å²) in [5, 5.41) is 7.71. The van der Waals surface area contributed by atoms with Crippen LogP contribution in [-0.2, 0) is 0 Å². The molecule has 1 N–H and O–H groups in total. The van der Waals surface area contributed by atoms with E-state index in [2.05, 4.69) is 45.1 Å². The topological polar surface area (TPSA) is 64.2 Å². The van der Waals surface area contributed by atoms with Crippen molar-refractivity contribution in [2.75, 3.05) is 0 Å². The fraction of sp³-hybridized carbons (Fsp3) is 0.292. The zero-order valence-corrected chi connectivity index (χ0v) is 17.0. The molecule has 6 heteroatoms. The van der Waals surface area contributed by atoms with Gasteiger partial charge in [-0.3, -0.25) is 9.78 Å². The molecule has 152 valence electrons. The Morgan fingerprint density at radius 1 is 0.967 bits per heavy atom. The van der Waals surface area contributed by atoms with Gasteiger partial charge in [0.05, 0.1) is 6.20 Å². The number of pyridine rings is 2. The van der Waals surface area contributed by atoms with E-state index < -0.39 is 0 Å². The zero-order valence-electron chi connectivity index (χ0n) is 17.0. The number of carbonyl (C=O) groups is 1. The van der Waals surface area contributed by atoms with E-state index in [9.17, 15) is 4.79 Å². The predicted octanol–water partition coefficient (Wildman–Crippen LogP) is 4.50. The molecule has 0 spiro atoms. The summed E-state index contributed by atoms with van der Waals surface area (Å²) < 4.78 is 3.80. The number of hydrogen-bond acceptors (Lipinski definition) is 3. The van der Waals surface area contributed by atoms with E-state index in [0.717, 1.165) is 28.9 Å². The molecule has 1 amide bonds. The Bertz CT molecular complexity index is 1180. The lowest BCUT2D eigenvalue weighted by atomic mass is 9.86. The first-order chi connectivity index (χ1) is 14.7. The first kappa shape index (κ1) is 18.6. The van der Waals surface area contributed by atoms with Crippen LogP contribution in [0.4, 0.5) is 0 Å². The summed E-state index contributed by atoms with van der Waals surface area (Å²) in [4.78, 5) is 17.2. The van der Waals surface area contributed by atoms with Crippen molar-refractivity contribution in [1.29, 1.82) is 0 Å². The Balaban J connectivity index is 1.49. The van der Waals surface area contributed by atoms with Crippen molar-refractivity contribution >= 4 is 11.4 Å². The molecule has 1 aliphatic carbocycles. The lowest BCUT2D eigenvalue weighted by Crippen LogP contribution is -2.41. The minimum absolute atomic E-state index is 0.0634. The second-order valence-electron chi connectivity index (χ2n) is 8.11. The van der Waals surface area contributed by atoms with Crippen molar-refractivity contribution in [2.24, 2.45) is 5.92 Å². The van der Waals surface area contributed by atoms with Gasteiger partial charge in [0.15, 0.2) is 0 Å². The molecule has 0 bridgehead atoms. The molecule has 1 saturated carbocycles. The third-order valence-electron chi connectivity index (χ3n) is 6.16. The molecule has 1 fully saturated rings. The Morgan fingerprint density at radius 2 is 1.77 bits per heavy atom. The van der Waals surface area contributed by atoms with Gasteiger partial charge in [0, 0.05) is 30.1 Å². The second kappa shape index (κ2) is 7.78. The first-order valence-electron chi connectivity index (χ1n) is 10.6. The smallest absolute Gasteiger partial charge is 0.270 e. The van der Waals surface area contributed by atoms with Gasteiger partial charge in [-0.2, -0.15) is 5.10 Å². The average molecular weight is 399 g/mol. The van der Waals surface area contributed by atoms with Crippen molar-refractivity contribution in [1.82, 2.24) is 24.5 Å². The highest BCUT2D eigenvalue weighted by Gasteiger charge is 2.25. The first-order valence-corrected chi connectivity index (χ1v) is 10.6. The van der Waals surface area contributed by atoms with E-state index in [-0.39, 0.29) is 11.9 Å². The van der Waals surface area contributed by atoms with Gasteiger partial charge in [-0.25, -0.2) is 4.68 Å². The van der Waals surface area contributed by atoms with Crippen LogP contribution in [0.3, 0.4) is 0 Å². The summed E-state index contributed by atoms with van der Waals surface area (Å²) in [5.41, 5.74) is 3.78. The van der Waals surface area contributed by atoms with Crippen molar-refractivity contribution in [3.05, 3.63) is 72.9 Å². The molecule has 5 rings (SSSR count). The lowest BCUT2D eigenvalue weighted by molar-refractivity contribution is 0.0902. The van der Waals surface area contributed by atoms with Crippen LogP contribution in [-0.4, -0.2) is 31.1 Å². The van der Waals surface area contributed by atoms with E-state index in [1.807, 2.05) is 24.3 Å². The van der Waals surface area contributed by atoms with Crippen LogP contribution in [0.25, 0.3) is 22.5 Å². The zero-order chi connectivity index (χ0) is 20.5. The minimum atomic E-state index is -0.0634. The molecular weight excluding hydrogens is 374 g/mol.